The van der Waals surface area contributed by atoms with Crippen LogP contribution in [0.4, 0.5) is 5.69 Å². The Kier molecular flexibility index (Phi) is 4.08. The predicted octanol–water partition coefficient (Wildman–Crippen LogP) is 5.20. The second kappa shape index (κ2) is 6.00. The van der Waals surface area contributed by atoms with Crippen molar-refractivity contribution in [2.24, 2.45) is 0 Å². The van der Waals surface area contributed by atoms with Gasteiger partial charge >= 0.3 is 0 Å². The maximum absolute atomic E-state index is 6.00. The number of aromatic amines is 1. The van der Waals surface area contributed by atoms with Gasteiger partial charge in [0, 0.05) is 44.9 Å². The molecule has 3 rings (SSSR count). The minimum Gasteiger partial charge on any atom is -0.497 e. The molecule has 2 N–H and O–H groups in total. The summed E-state index contributed by atoms with van der Waals surface area (Å²) in [6.07, 6.45) is 2.00. The van der Waals surface area contributed by atoms with Crippen molar-refractivity contribution in [3.8, 4) is 5.75 Å². The van der Waals surface area contributed by atoms with E-state index in [4.69, 9.17) is 16.3 Å². The Labute approximate surface area is 136 Å². The Morgan fingerprint density at radius 1 is 1.24 bits per heavy atom. The molecular formula is C16H14BrClN2O. The van der Waals surface area contributed by atoms with Gasteiger partial charge in [-0.3, -0.25) is 0 Å². The van der Waals surface area contributed by atoms with Crippen molar-refractivity contribution in [3.05, 3.63) is 57.7 Å². The molecule has 0 radical (unpaired) electrons. The number of benzene rings is 2. The minimum atomic E-state index is 0.723. The number of aromatic nitrogens is 1. The van der Waals surface area contributed by atoms with Crippen LogP contribution in [0.3, 0.4) is 0 Å². The van der Waals surface area contributed by atoms with Crippen LogP contribution in [0.5, 0.6) is 5.75 Å². The van der Waals surface area contributed by atoms with Crippen LogP contribution < -0.4 is 10.1 Å². The zero-order valence-electron chi connectivity index (χ0n) is 11.4. The summed E-state index contributed by atoms with van der Waals surface area (Å²) in [5.41, 5.74) is 3.25. The third-order valence-electron chi connectivity index (χ3n) is 3.32. The van der Waals surface area contributed by atoms with Crippen molar-refractivity contribution in [2.75, 3.05) is 12.4 Å². The fraction of sp³-hybridized carbons (Fsp3) is 0.125. The van der Waals surface area contributed by atoms with Crippen LogP contribution in [0.25, 0.3) is 10.9 Å². The maximum Gasteiger partial charge on any atom is 0.122 e. The van der Waals surface area contributed by atoms with Crippen LogP contribution >= 0.6 is 27.5 Å². The van der Waals surface area contributed by atoms with E-state index in [1.54, 1.807) is 7.11 Å². The predicted molar refractivity (Wildman–Crippen MR) is 91.3 cm³/mol. The zero-order chi connectivity index (χ0) is 14.8. The molecule has 0 aliphatic carbocycles. The van der Waals surface area contributed by atoms with Gasteiger partial charge in [0.2, 0.25) is 0 Å². The molecule has 2 aromatic carbocycles. The highest BCUT2D eigenvalue weighted by Crippen LogP contribution is 2.26. The van der Waals surface area contributed by atoms with E-state index in [0.717, 1.165) is 33.0 Å². The van der Waals surface area contributed by atoms with Gasteiger partial charge < -0.3 is 15.0 Å². The van der Waals surface area contributed by atoms with Gasteiger partial charge in [0.05, 0.1) is 7.11 Å². The van der Waals surface area contributed by atoms with E-state index < -0.39 is 0 Å². The summed E-state index contributed by atoms with van der Waals surface area (Å²) in [6, 6.07) is 11.8. The van der Waals surface area contributed by atoms with E-state index in [1.807, 2.05) is 42.6 Å². The van der Waals surface area contributed by atoms with Gasteiger partial charge in [0.15, 0.2) is 0 Å². The summed E-state index contributed by atoms with van der Waals surface area (Å²) >= 11 is 9.48. The minimum absolute atomic E-state index is 0.723. The molecule has 1 aromatic heterocycles. The lowest BCUT2D eigenvalue weighted by molar-refractivity contribution is 0.414. The number of anilines is 1. The fourth-order valence-electron chi connectivity index (χ4n) is 2.28. The molecule has 0 fully saturated rings. The average Bonchev–Trinajstić information content (AvgIpc) is 2.86. The van der Waals surface area contributed by atoms with Crippen molar-refractivity contribution < 1.29 is 4.74 Å². The van der Waals surface area contributed by atoms with Crippen LogP contribution in [0.1, 0.15) is 5.56 Å². The van der Waals surface area contributed by atoms with Crippen LogP contribution in [0.2, 0.25) is 5.02 Å². The molecule has 3 aromatic rings. The van der Waals surface area contributed by atoms with Crippen molar-refractivity contribution >= 4 is 44.1 Å². The van der Waals surface area contributed by atoms with E-state index in [1.165, 1.54) is 10.9 Å². The molecule has 5 heteroatoms. The number of nitrogens with one attached hydrogen (secondary N) is 2. The number of rotatable bonds is 4. The Hall–Kier alpha value is -1.65. The SMILES string of the molecule is COc1cc(Br)cc(NCc2c[nH]c3cc(Cl)ccc23)c1. The Bertz CT molecular complexity index is 785. The molecule has 1 heterocycles. The van der Waals surface area contributed by atoms with Crippen molar-refractivity contribution in [3.63, 3.8) is 0 Å². The van der Waals surface area contributed by atoms with E-state index in [0.29, 0.717) is 0 Å². The Morgan fingerprint density at radius 3 is 2.90 bits per heavy atom. The highest BCUT2D eigenvalue weighted by Gasteiger charge is 2.05. The molecule has 21 heavy (non-hydrogen) atoms. The molecule has 0 unspecified atom stereocenters. The zero-order valence-corrected chi connectivity index (χ0v) is 13.8. The normalized spacial score (nSPS) is 10.8. The number of hydrogen-bond acceptors (Lipinski definition) is 2. The Morgan fingerprint density at radius 2 is 2.10 bits per heavy atom. The molecule has 0 bridgehead atoms. The molecule has 3 nitrogen and oxygen atoms in total. The van der Waals surface area contributed by atoms with Crippen molar-refractivity contribution in [2.45, 2.75) is 6.54 Å². The summed E-state index contributed by atoms with van der Waals surface area (Å²) in [7, 11) is 1.66. The van der Waals surface area contributed by atoms with Crippen LogP contribution in [-0.4, -0.2) is 12.1 Å². The quantitative estimate of drug-likeness (QED) is 0.666. The summed E-state index contributed by atoms with van der Waals surface area (Å²) in [5, 5.41) is 5.32. The monoisotopic (exact) mass is 364 g/mol. The number of hydrogen-bond donors (Lipinski definition) is 2. The highest BCUT2D eigenvalue weighted by molar-refractivity contribution is 9.10. The van der Waals surface area contributed by atoms with Crippen LogP contribution in [0, 0.1) is 0 Å². The molecule has 0 aliphatic heterocycles. The van der Waals surface area contributed by atoms with E-state index >= 15 is 0 Å². The lowest BCUT2D eigenvalue weighted by Gasteiger charge is -2.09. The first-order chi connectivity index (χ1) is 10.2. The fourth-order valence-corrected chi connectivity index (χ4v) is 2.93. The Balaban J connectivity index is 1.82. The molecule has 0 spiro atoms. The summed E-state index contributed by atoms with van der Waals surface area (Å²) in [6.45, 7) is 0.723. The van der Waals surface area contributed by atoms with Crippen molar-refractivity contribution in [1.82, 2.24) is 4.98 Å². The lowest BCUT2D eigenvalue weighted by atomic mass is 10.1. The van der Waals surface area contributed by atoms with E-state index in [-0.39, 0.29) is 0 Å². The molecule has 0 saturated carbocycles. The van der Waals surface area contributed by atoms with Gasteiger partial charge in [-0.25, -0.2) is 0 Å². The average molecular weight is 366 g/mol. The second-order valence-electron chi connectivity index (χ2n) is 4.74. The highest BCUT2D eigenvalue weighted by atomic mass is 79.9. The molecule has 0 saturated heterocycles. The summed E-state index contributed by atoms with van der Waals surface area (Å²) in [4.78, 5) is 3.24. The van der Waals surface area contributed by atoms with Gasteiger partial charge in [-0.1, -0.05) is 33.6 Å². The van der Waals surface area contributed by atoms with Gasteiger partial charge in [-0.2, -0.15) is 0 Å². The molecule has 0 amide bonds. The summed E-state index contributed by atoms with van der Waals surface area (Å²) in [5.74, 6) is 0.817. The number of H-pyrrole nitrogens is 1. The first-order valence-corrected chi connectivity index (χ1v) is 7.67. The number of fused-ring (bicyclic) bond motifs is 1. The first kappa shape index (κ1) is 14.3. The smallest absolute Gasteiger partial charge is 0.122 e. The van der Waals surface area contributed by atoms with Crippen molar-refractivity contribution in [1.29, 1.82) is 0 Å². The maximum atomic E-state index is 6.00. The van der Waals surface area contributed by atoms with Gasteiger partial charge in [0.25, 0.3) is 0 Å². The molecular weight excluding hydrogens is 352 g/mol. The first-order valence-electron chi connectivity index (χ1n) is 6.49. The topological polar surface area (TPSA) is 37.0 Å². The largest absolute Gasteiger partial charge is 0.497 e. The van der Waals surface area contributed by atoms with Gasteiger partial charge in [-0.15, -0.1) is 0 Å². The van der Waals surface area contributed by atoms with Gasteiger partial charge in [0.1, 0.15) is 5.75 Å². The third-order valence-corrected chi connectivity index (χ3v) is 4.01. The number of halogens is 2. The number of methoxy groups -OCH3 is 1. The number of ether oxygens (including phenoxy) is 1. The van der Waals surface area contributed by atoms with Gasteiger partial charge in [-0.05, 0) is 29.8 Å². The third kappa shape index (κ3) is 3.17. The molecule has 0 atom stereocenters. The molecule has 108 valence electrons. The standard InChI is InChI=1S/C16H14BrClN2O/c1-21-14-5-11(17)4-13(7-14)19-8-10-9-20-16-6-12(18)2-3-15(10)16/h2-7,9,19-20H,8H2,1H3. The van der Waals surface area contributed by atoms with E-state index in [2.05, 4.69) is 26.2 Å². The second-order valence-corrected chi connectivity index (χ2v) is 6.09. The van der Waals surface area contributed by atoms with Crippen LogP contribution in [0.15, 0.2) is 47.1 Å². The lowest BCUT2D eigenvalue weighted by Crippen LogP contribution is -1.99. The molecule has 0 aliphatic rings. The van der Waals surface area contributed by atoms with E-state index in [9.17, 15) is 0 Å². The summed E-state index contributed by atoms with van der Waals surface area (Å²) < 4.78 is 6.25. The van der Waals surface area contributed by atoms with Crippen LogP contribution in [-0.2, 0) is 6.54 Å².